The quantitative estimate of drug-likeness (QED) is 0.145. The summed E-state index contributed by atoms with van der Waals surface area (Å²) in [5, 5.41) is 9.05. The molecule has 0 aliphatic carbocycles. The fourth-order valence-corrected chi connectivity index (χ4v) is 6.22. The van der Waals surface area contributed by atoms with E-state index in [1.807, 2.05) is 0 Å². The van der Waals surface area contributed by atoms with Crippen LogP contribution in [-0.2, 0) is 24.8 Å². The molecule has 2 heterocycles. The van der Waals surface area contributed by atoms with Gasteiger partial charge < -0.3 is 18.7 Å². The lowest BCUT2D eigenvalue weighted by molar-refractivity contribution is 0.0556. The van der Waals surface area contributed by atoms with Crippen LogP contribution >= 0.6 is 0 Å². The summed E-state index contributed by atoms with van der Waals surface area (Å²) >= 11 is 0. The van der Waals surface area contributed by atoms with Gasteiger partial charge in [-0.25, -0.2) is 45.8 Å². The van der Waals surface area contributed by atoms with Crippen molar-refractivity contribution < 1.29 is 45.1 Å². The van der Waals surface area contributed by atoms with Crippen LogP contribution in [0.3, 0.4) is 0 Å². The molecule has 0 aliphatic heterocycles. The highest BCUT2D eigenvalue weighted by Crippen LogP contribution is 2.32. The maximum Gasteiger partial charge on any atom is 0.394 e. The van der Waals surface area contributed by atoms with Crippen molar-refractivity contribution >= 4 is 43.8 Å². The summed E-state index contributed by atoms with van der Waals surface area (Å²) < 4.78 is 69.4. The molecule has 0 radical (unpaired) electrons. The fraction of sp³-hybridized carbons (Fsp3) is 0.0303. The lowest BCUT2D eigenvalue weighted by atomic mass is 10.2. The number of sulfonamides is 2. The molecule has 14 nitrogen and oxygen atoms in total. The average molecular weight is 703 g/mol. The van der Waals surface area contributed by atoms with Gasteiger partial charge in [0, 0.05) is 11.1 Å². The summed E-state index contributed by atoms with van der Waals surface area (Å²) in [5.41, 5.74) is 1.42. The number of benzene rings is 4. The van der Waals surface area contributed by atoms with Crippen LogP contribution in [0.4, 0.5) is 11.8 Å². The van der Waals surface area contributed by atoms with E-state index in [1.165, 1.54) is 31.4 Å². The fourth-order valence-electron chi connectivity index (χ4n) is 4.19. The molecule has 3 N–H and O–H groups in total. The molecule has 0 atom stereocenters. The third kappa shape index (κ3) is 8.19. The first-order valence-electron chi connectivity index (χ1n) is 14.1. The average Bonchev–Trinajstić information content (AvgIpc) is 3.74. The zero-order valence-corrected chi connectivity index (χ0v) is 27.0. The summed E-state index contributed by atoms with van der Waals surface area (Å²) in [4.78, 5) is 30.8. The van der Waals surface area contributed by atoms with Crippen LogP contribution in [0, 0.1) is 0 Å². The van der Waals surface area contributed by atoms with Crippen LogP contribution in [0.1, 0.15) is 21.4 Å². The number of hydrogen-bond donors (Lipinski definition) is 3. The van der Waals surface area contributed by atoms with Gasteiger partial charge in [-0.1, -0.05) is 97.1 Å². The van der Waals surface area contributed by atoms with Gasteiger partial charge in [0.05, 0.1) is 16.9 Å². The molecule has 16 heteroatoms. The number of carbonyl (C=O) groups excluding carboxylic acids is 1. The van der Waals surface area contributed by atoms with Crippen LogP contribution in [0.25, 0.3) is 22.5 Å². The van der Waals surface area contributed by atoms with Gasteiger partial charge >= 0.3 is 23.7 Å². The normalized spacial score (nSPS) is 11.1. The third-order valence-corrected chi connectivity index (χ3v) is 9.15. The number of esters is 1. The van der Waals surface area contributed by atoms with Crippen LogP contribution in [-0.4, -0.2) is 51.0 Å². The van der Waals surface area contributed by atoms with Crippen molar-refractivity contribution in [2.75, 3.05) is 16.6 Å². The zero-order valence-electron chi connectivity index (χ0n) is 25.4. The number of carboxylic acid groups (broad SMARTS) is 1. The summed E-state index contributed by atoms with van der Waals surface area (Å²) in [6, 6.07) is 32.8. The Balaban J connectivity index is 0.000000191. The third-order valence-electron chi connectivity index (χ3n) is 6.45. The molecule has 0 saturated heterocycles. The van der Waals surface area contributed by atoms with Gasteiger partial charge in [0.15, 0.2) is 0 Å². The molecular formula is C33H26N4O10S2. The van der Waals surface area contributed by atoms with Crippen molar-refractivity contribution in [1.82, 2.24) is 9.97 Å². The summed E-state index contributed by atoms with van der Waals surface area (Å²) in [7, 11) is -6.65. The van der Waals surface area contributed by atoms with Gasteiger partial charge in [0.25, 0.3) is 20.0 Å². The lowest BCUT2D eigenvalue weighted by Crippen LogP contribution is -2.13. The largest absolute Gasteiger partial charge is 0.474 e. The number of carboxylic acids is 1. The Labute approximate surface area is 280 Å². The van der Waals surface area contributed by atoms with Crippen LogP contribution in [0.2, 0.25) is 0 Å². The number of nitrogens with one attached hydrogen (secondary N) is 2. The molecule has 6 aromatic rings. The molecule has 0 aliphatic rings. The number of oxazole rings is 2. The topological polar surface area (TPSA) is 208 Å². The summed E-state index contributed by atoms with van der Waals surface area (Å²) in [6.07, 6.45) is 0. The predicted octanol–water partition coefficient (Wildman–Crippen LogP) is 5.77. The van der Waals surface area contributed by atoms with Crippen molar-refractivity contribution in [1.29, 1.82) is 0 Å². The van der Waals surface area contributed by atoms with Gasteiger partial charge in [-0.15, -0.1) is 0 Å². The molecule has 49 heavy (non-hydrogen) atoms. The highest BCUT2D eigenvalue weighted by Gasteiger charge is 2.26. The highest BCUT2D eigenvalue weighted by atomic mass is 32.2. The SMILES string of the molecule is COC(=O)c1nc(-c2ccccc2)c(NS(=O)(=O)c2ccccc2)o1.O=C(O)c1nc(-c2ccccc2)c(NS(=O)(=O)c2ccccc2)o1. The number of ether oxygens (including phenoxy) is 1. The summed E-state index contributed by atoms with van der Waals surface area (Å²) in [5.74, 6) is -3.54. The Hall–Kier alpha value is -6.26. The highest BCUT2D eigenvalue weighted by molar-refractivity contribution is 7.93. The predicted molar refractivity (Wildman–Crippen MR) is 177 cm³/mol. The first-order valence-corrected chi connectivity index (χ1v) is 17.0. The van der Waals surface area contributed by atoms with Crippen molar-refractivity contribution in [2.24, 2.45) is 0 Å². The standard InChI is InChI=1S/C17H14N2O5S.C16H12N2O5S/c1-23-17(20)16-18-14(12-8-4-2-5-9-12)15(24-16)19-25(21,22)13-10-6-3-7-11-13;19-16(20)15-17-13(11-7-3-1-4-8-11)14(23-15)18-24(21,22)12-9-5-2-6-10-12/h2-11,19H,1H3;1-10,18H,(H,19,20). The van der Waals surface area contributed by atoms with E-state index in [0.29, 0.717) is 11.1 Å². The van der Waals surface area contributed by atoms with Crippen molar-refractivity contribution in [3.63, 3.8) is 0 Å². The number of hydrogen-bond acceptors (Lipinski definition) is 11. The Kier molecular flexibility index (Phi) is 10.2. The van der Waals surface area contributed by atoms with E-state index in [4.69, 9.17) is 13.9 Å². The summed E-state index contributed by atoms with van der Waals surface area (Å²) in [6.45, 7) is 0. The first-order chi connectivity index (χ1) is 23.5. The molecule has 0 fully saturated rings. The van der Waals surface area contributed by atoms with E-state index in [1.54, 1.807) is 97.1 Å². The number of nitrogens with zero attached hydrogens (tertiary/aromatic N) is 2. The minimum absolute atomic E-state index is 0.0253. The monoisotopic (exact) mass is 702 g/mol. The minimum atomic E-state index is -3.93. The Morgan fingerprint density at radius 3 is 1.31 bits per heavy atom. The van der Waals surface area contributed by atoms with E-state index < -0.39 is 37.9 Å². The van der Waals surface area contributed by atoms with Crippen molar-refractivity contribution in [2.45, 2.75) is 9.79 Å². The van der Waals surface area contributed by atoms with Gasteiger partial charge in [0.2, 0.25) is 11.8 Å². The molecule has 0 spiro atoms. The van der Waals surface area contributed by atoms with E-state index in [-0.39, 0.29) is 38.8 Å². The van der Waals surface area contributed by atoms with Gasteiger partial charge in [-0.3, -0.25) is 0 Å². The molecule has 0 saturated carbocycles. The van der Waals surface area contributed by atoms with Crippen molar-refractivity contribution in [3.8, 4) is 22.5 Å². The molecule has 2 aromatic heterocycles. The molecule has 0 bridgehead atoms. The molecule has 4 aromatic carbocycles. The van der Waals surface area contributed by atoms with Crippen molar-refractivity contribution in [3.05, 3.63) is 133 Å². The second kappa shape index (κ2) is 14.7. The number of aromatic carboxylic acids is 1. The number of anilines is 2. The van der Waals surface area contributed by atoms with Crippen LogP contribution in [0.5, 0.6) is 0 Å². The van der Waals surface area contributed by atoms with E-state index in [0.717, 1.165) is 0 Å². The number of methoxy groups -OCH3 is 1. The molecule has 0 unspecified atom stereocenters. The van der Waals surface area contributed by atoms with Gasteiger partial charge in [-0.2, -0.15) is 0 Å². The van der Waals surface area contributed by atoms with E-state index in [9.17, 15) is 26.4 Å². The Bertz CT molecular complexity index is 2280. The van der Waals surface area contributed by atoms with E-state index in [2.05, 4.69) is 24.1 Å². The molecular weight excluding hydrogens is 677 g/mol. The number of rotatable bonds is 10. The van der Waals surface area contributed by atoms with Gasteiger partial charge in [0.1, 0.15) is 11.4 Å². The second-order valence-electron chi connectivity index (χ2n) is 9.76. The van der Waals surface area contributed by atoms with Crippen LogP contribution < -0.4 is 9.44 Å². The Morgan fingerprint density at radius 2 is 0.939 bits per heavy atom. The first kappa shape index (κ1) is 34.1. The van der Waals surface area contributed by atoms with Crippen LogP contribution in [0.15, 0.2) is 140 Å². The number of aromatic nitrogens is 2. The van der Waals surface area contributed by atoms with E-state index >= 15 is 0 Å². The maximum atomic E-state index is 12.5. The zero-order chi connectivity index (χ0) is 35.0. The van der Waals surface area contributed by atoms with Gasteiger partial charge in [-0.05, 0) is 24.3 Å². The second-order valence-corrected chi connectivity index (χ2v) is 13.1. The molecule has 0 amide bonds. The molecule has 6 rings (SSSR count). The smallest absolute Gasteiger partial charge is 0.394 e. The molecule has 250 valence electrons. The number of carbonyl (C=O) groups is 2. The Morgan fingerprint density at radius 1 is 0.592 bits per heavy atom. The maximum absolute atomic E-state index is 12.5. The minimum Gasteiger partial charge on any atom is -0.474 e. The lowest BCUT2D eigenvalue weighted by Gasteiger charge is -2.06.